The quantitative estimate of drug-likeness (QED) is 0.469. The van der Waals surface area contributed by atoms with Crippen LogP contribution in [0.25, 0.3) is 0 Å². The van der Waals surface area contributed by atoms with Crippen molar-refractivity contribution in [3.63, 3.8) is 0 Å². The summed E-state index contributed by atoms with van der Waals surface area (Å²) in [6.45, 7) is 3.91. The Labute approximate surface area is 223 Å². The maximum Gasteiger partial charge on any atom is 0.261 e. The van der Waals surface area contributed by atoms with Crippen LogP contribution in [0.1, 0.15) is 41.2 Å². The van der Waals surface area contributed by atoms with Gasteiger partial charge < -0.3 is 14.2 Å². The van der Waals surface area contributed by atoms with Gasteiger partial charge in [-0.2, -0.15) is 0 Å². The lowest BCUT2D eigenvalue weighted by atomic mass is 9.93. The Hall–Kier alpha value is -3.19. The maximum atomic E-state index is 15.3. The molecule has 13 heteroatoms. The van der Waals surface area contributed by atoms with Gasteiger partial charge in [0.25, 0.3) is 5.91 Å². The Morgan fingerprint density at radius 2 is 1.97 bits per heavy atom. The summed E-state index contributed by atoms with van der Waals surface area (Å²) in [6.07, 6.45) is 1.95. The van der Waals surface area contributed by atoms with E-state index in [9.17, 15) is 17.6 Å². The summed E-state index contributed by atoms with van der Waals surface area (Å²) in [5, 5.41) is 0.819. The van der Waals surface area contributed by atoms with E-state index in [0.29, 0.717) is 36.5 Å². The molecule has 9 nitrogen and oxygen atoms in total. The number of halogens is 2. The van der Waals surface area contributed by atoms with Crippen molar-refractivity contribution in [2.45, 2.75) is 44.4 Å². The molecule has 2 aliphatic rings. The molecule has 1 N–H and O–H groups in total. The van der Waals surface area contributed by atoms with E-state index in [1.165, 1.54) is 30.0 Å². The lowest BCUT2D eigenvalue weighted by Crippen LogP contribution is -2.44. The van der Waals surface area contributed by atoms with E-state index in [-0.39, 0.29) is 30.1 Å². The molecule has 3 aromatic rings. The van der Waals surface area contributed by atoms with Crippen LogP contribution < -0.4 is 9.46 Å². The number of carbonyl (C=O) groups is 1. The maximum absolute atomic E-state index is 15.3. The molecule has 2 aliphatic heterocycles. The second-order valence-corrected chi connectivity index (χ2v) is 12.0. The van der Waals surface area contributed by atoms with E-state index >= 15 is 4.39 Å². The molecule has 5 rings (SSSR count). The molecule has 0 saturated carbocycles. The normalized spacial score (nSPS) is 16.8. The minimum Gasteiger partial charge on any atom is -0.482 e. The third-order valence-corrected chi connectivity index (χ3v) is 8.12. The molecule has 0 radical (unpaired) electrons. The fraction of sp³-hybridized carbons (Fsp3) is 0.400. The molecular formula is C25H27F2N5O4S2. The van der Waals surface area contributed by atoms with Gasteiger partial charge >= 0.3 is 0 Å². The molecule has 2 aromatic heterocycles. The standard InChI is InChI=1S/C25H27F2N5O4S2/c1-4-16-18(7-8-19(28-16)30-38(3,34)35)36-13-20(33)31-10-9-17-24(32-11-12-37-25(32)29-17)23(31)15-6-5-14(2)21(26)22(15)27/h5-8,23H,4,9-13H2,1-3H3,(H,28,30). The Balaban J connectivity index is 1.45. The van der Waals surface area contributed by atoms with Crippen molar-refractivity contribution in [2.75, 3.05) is 29.9 Å². The van der Waals surface area contributed by atoms with Gasteiger partial charge in [0.2, 0.25) is 10.0 Å². The summed E-state index contributed by atoms with van der Waals surface area (Å²) >= 11 is 1.60. The first kappa shape index (κ1) is 26.4. The number of sulfonamides is 1. The highest BCUT2D eigenvalue weighted by Crippen LogP contribution is 2.41. The molecular weight excluding hydrogens is 536 g/mol. The van der Waals surface area contributed by atoms with E-state index in [1.807, 2.05) is 11.5 Å². The van der Waals surface area contributed by atoms with Crippen LogP contribution >= 0.6 is 11.8 Å². The van der Waals surface area contributed by atoms with Crippen molar-refractivity contribution in [1.29, 1.82) is 0 Å². The zero-order chi connectivity index (χ0) is 27.2. The molecule has 1 unspecified atom stereocenters. The summed E-state index contributed by atoms with van der Waals surface area (Å²) in [7, 11) is -3.50. The van der Waals surface area contributed by atoms with E-state index in [4.69, 9.17) is 9.72 Å². The second-order valence-electron chi connectivity index (χ2n) is 9.22. The highest BCUT2D eigenvalue weighted by molar-refractivity contribution is 7.99. The largest absolute Gasteiger partial charge is 0.482 e. The van der Waals surface area contributed by atoms with Crippen LogP contribution in [0.4, 0.5) is 14.6 Å². The topological polar surface area (TPSA) is 106 Å². The van der Waals surface area contributed by atoms with Crippen LogP contribution in [0.5, 0.6) is 5.75 Å². The zero-order valence-corrected chi connectivity index (χ0v) is 22.8. The number of benzene rings is 1. The van der Waals surface area contributed by atoms with Gasteiger partial charge in [-0.1, -0.05) is 30.8 Å². The van der Waals surface area contributed by atoms with Gasteiger partial charge in [-0.25, -0.2) is 27.2 Å². The summed E-state index contributed by atoms with van der Waals surface area (Å²) in [4.78, 5) is 24.0. The van der Waals surface area contributed by atoms with Crippen molar-refractivity contribution in [2.24, 2.45) is 0 Å². The van der Waals surface area contributed by atoms with E-state index < -0.39 is 33.6 Å². The number of hydrogen-bond donors (Lipinski definition) is 1. The van der Waals surface area contributed by atoms with Crippen molar-refractivity contribution >= 4 is 33.5 Å². The smallest absolute Gasteiger partial charge is 0.261 e. The van der Waals surface area contributed by atoms with Gasteiger partial charge in [-0.15, -0.1) is 0 Å². The summed E-state index contributed by atoms with van der Waals surface area (Å²) < 4.78 is 63.2. The van der Waals surface area contributed by atoms with Crippen LogP contribution in [0.15, 0.2) is 29.4 Å². The third-order valence-electron chi connectivity index (χ3n) is 6.58. The number of ether oxygens (including phenoxy) is 1. The number of fused-ring (bicyclic) bond motifs is 3. The number of aromatic nitrogens is 3. The molecule has 4 heterocycles. The number of imidazole rings is 1. The van der Waals surface area contributed by atoms with Crippen LogP contribution in [0, 0.1) is 18.6 Å². The molecule has 202 valence electrons. The Morgan fingerprint density at radius 3 is 2.71 bits per heavy atom. The van der Waals surface area contributed by atoms with Gasteiger partial charge in [0.05, 0.1) is 23.3 Å². The van der Waals surface area contributed by atoms with Crippen LogP contribution in [0.3, 0.4) is 0 Å². The van der Waals surface area contributed by atoms with Crippen LogP contribution in [-0.2, 0) is 34.2 Å². The number of amides is 1. The minimum absolute atomic E-state index is 0.0779. The van der Waals surface area contributed by atoms with Gasteiger partial charge in [-0.3, -0.25) is 9.52 Å². The molecule has 0 bridgehead atoms. The third kappa shape index (κ3) is 4.96. The number of thioether (sulfide) groups is 1. The number of pyridine rings is 1. The number of anilines is 1. The molecule has 0 fully saturated rings. The Kier molecular flexibility index (Phi) is 7.07. The first-order valence-electron chi connectivity index (χ1n) is 12.1. The highest BCUT2D eigenvalue weighted by atomic mass is 32.2. The van der Waals surface area contributed by atoms with Gasteiger partial charge in [-0.05, 0) is 31.0 Å². The first-order valence-corrected chi connectivity index (χ1v) is 15.0. The Morgan fingerprint density at radius 1 is 1.18 bits per heavy atom. The average molecular weight is 564 g/mol. The predicted octanol–water partition coefficient (Wildman–Crippen LogP) is 3.46. The molecule has 1 aromatic carbocycles. The number of aryl methyl sites for hydroxylation is 2. The number of rotatable bonds is 7. The monoisotopic (exact) mass is 563 g/mol. The highest BCUT2D eigenvalue weighted by Gasteiger charge is 2.40. The molecule has 0 aliphatic carbocycles. The zero-order valence-electron chi connectivity index (χ0n) is 21.1. The SMILES string of the molecule is CCc1nc(NS(C)(=O)=O)ccc1OCC(=O)N1CCc2nc3n(c2C1c1ccc(C)c(F)c1F)CCS3. The molecule has 38 heavy (non-hydrogen) atoms. The van der Waals surface area contributed by atoms with Crippen molar-refractivity contribution in [3.05, 3.63) is 64.1 Å². The lowest BCUT2D eigenvalue weighted by Gasteiger charge is -2.36. The van der Waals surface area contributed by atoms with E-state index in [2.05, 4.69) is 9.71 Å². The molecule has 0 saturated heterocycles. The minimum atomic E-state index is -3.50. The fourth-order valence-corrected chi connectivity index (χ4v) is 6.31. The Bertz CT molecular complexity index is 1530. The first-order chi connectivity index (χ1) is 18.1. The summed E-state index contributed by atoms with van der Waals surface area (Å²) in [5.74, 6) is -1.01. The van der Waals surface area contributed by atoms with Gasteiger partial charge in [0.15, 0.2) is 23.4 Å². The molecule has 1 amide bonds. The molecule has 0 spiro atoms. The van der Waals surface area contributed by atoms with E-state index in [1.54, 1.807) is 17.8 Å². The number of hydrogen-bond acceptors (Lipinski definition) is 7. The second kappa shape index (κ2) is 10.2. The van der Waals surface area contributed by atoms with E-state index in [0.717, 1.165) is 22.9 Å². The van der Waals surface area contributed by atoms with Crippen molar-refractivity contribution < 1.29 is 26.7 Å². The fourth-order valence-electron chi connectivity index (χ4n) is 4.84. The lowest BCUT2D eigenvalue weighted by molar-refractivity contribution is -0.135. The number of nitrogens with one attached hydrogen (secondary N) is 1. The summed E-state index contributed by atoms with van der Waals surface area (Å²) in [5.41, 5.74) is 2.23. The number of nitrogens with zero attached hydrogens (tertiary/aromatic N) is 4. The van der Waals surface area contributed by atoms with Crippen LogP contribution in [-0.4, -0.2) is 58.9 Å². The average Bonchev–Trinajstić information content (AvgIpc) is 3.46. The van der Waals surface area contributed by atoms with Gasteiger partial charge in [0, 0.05) is 30.8 Å². The predicted molar refractivity (Wildman–Crippen MR) is 139 cm³/mol. The number of carbonyl (C=O) groups excluding carboxylic acids is 1. The molecule has 1 atom stereocenters. The van der Waals surface area contributed by atoms with Crippen LogP contribution in [0.2, 0.25) is 0 Å². The van der Waals surface area contributed by atoms with Gasteiger partial charge in [0.1, 0.15) is 17.6 Å². The van der Waals surface area contributed by atoms with Crippen molar-refractivity contribution in [1.82, 2.24) is 19.4 Å². The summed E-state index contributed by atoms with van der Waals surface area (Å²) in [6, 6.07) is 5.20. The van der Waals surface area contributed by atoms with Crippen molar-refractivity contribution in [3.8, 4) is 5.75 Å².